The zero-order chi connectivity index (χ0) is 21.8. The van der Waals surface area contributed by atoms with E-state index in [9.17, 15) is 4.79 Å². The Balaban J connectivity index is 1.53. The lowest BCUT2D eigenvalue weighted by atomic mass is 10.1. The minimum atomic E-state index is -0.0887. The fraction of sp³-hybridized carbons (Fsp3) is 0.174. The number of amides is 1. The smallest absolute Gasteiger partial charge is 0.234 e. The molecule has 4 rings (SSSR count). The van der Waals surface area contributed by atoms with Gasteiger partial charge < -0.3 is 9.73 Å². The fourth-order valence-electron chi connectivity index (χ4n) is 3.26. The first kappa shape index (κ1) is 21.4. The van der Waals surface area contributed by atoms with Gasteiger partial charge in [0.2, 0.25) is 11.7 Å². The van der Waals surface area contributed by atoms with Crippen LogP contribution in [0, 0.1) is 0 Å². The van der Waals surface area contributed by atoms with Gasteiger partial charge in [0, 0.05) is 22.1 Å². The zero-order valence-electron chi connectivity index (χ0n) is 17.0. The van der Waals surface area contributed by atoms with Crippen LogP contribution >= 0.6 is 27.7 Å². The van der Waals surface area contributed by atoms with E-state index in [1.165, 1.54) is 11.8 Å². The van der Waals surface area contributed by atoms with Gasteiger partial charge in [0.05, 0.1) is 5.75 Å². The Kier molecular flexibility index (Phi) is 6.58. The molecule has 0 bridgehead atoms. The van der Waals surface area contributed by atoms with Crippen molar-refractivity contribution in [1.29, 1.82) is 0 Å². The summed E-state index contributed by atoms with van der Waals surface area (Å²) >= 11 is 4.81. The van der Waals surface area contributed by atoms with Gasteiger partial charge in [-0.1, -0.05) is 58.9 Å². The van der Waals surface area contributed by atoms with Gasteiger partial charge in [0.1, 0.15) is 5.58 Å². The molecule has 0 aliphatic heterocycles. The molecule has 8 heteroatoms. The number of anilines is 1. The molecule has 4 aromatic rings. The van der Waals surface area contributed by atoms with Gasteiger partial charge in [-0.3, -0.25) is 9.36 Å². The lowest BCUT2D eigenvalue weighted by Crippen LogP contribution is -2.15. The van der Waals surface area contributed by atoms with Crippen molar-refractivity contribution in [2.75, 3.05) is 11.1 Å². The third-order valence-corrected chi connectivity index (χ3v) is 6.19. The van der Waals surface area contributed by atoms with Crippen molar-refractivity contribution in [2.45, 2.75) is 25.0 Å². The molecule has 0 radical (unpaired) electrons. The first-order valence-electron chi connectivity index (χ1n) is 9.83. The summed E-state index contributed by atoms with van der Waals surface area (Å²) in [5, 5.41) is 13.2. The standard InChI is InChI=1S/C23H21BrN4O2S/c1-3-11-28-22(20-13-16-12-17(24)9-10-19(16)30-20)26-27-23(28)31-14-21(29)25-18-8-6-5-7-15(18)4-2/h3,5-10,12-13H,1,4,11,14H2,2H3,(H,25,29). The summed E-state index contributed by atoms with van der Waals surface area (Å²) in [4.78, 5) is 12.5. The number of para-hydroxylation sites is 1. The lowest BCUT2D eigenvalue weighted by molar-refractivity contribution is -0.113. The van der Waals surface area contributed by atoms with Crippen LogP contribution in [0.1, 0.15) is 12.5 Å². The van der Waals surface area contributed by atoms with Crippen LogP contribution in [0.25, 0.3) is 22.6 Å². The van der Waals surface area contributed by atoms with Crippen LogP contribution in [-0.4, -0.2) is 26.4 Å². The first-order valence-corrected chi connectivity index (χ1v) is 11.6. The molecule has 2 heterocycles. The summed E-state index contributed by atoms with van der Waals surface area (Å²) in [6.07, 6.45) is 2.63. The molecular weight excluding hydrogens is 476 g/mol. The molecular formula is C23H21BrN4O2S. The van der Waals surface area contributed by atoms with E-state index >= 15 is 0 Å². The van der Waals surface area contributed by atoms with Crippen molar-refractivity contribution in [3.63, 3.8) is 0 Å². The molecule has 2 aromatic carbocycles. The molecule has 1 amide bonds. The Morgan fingerprint density at radius 1 is 1.26 bits per heavy atom. The molecule has 0 saturated carbocycles. The van der Waals surface area contributed by atoms with Gasteiger partial charge in [-0.15, -0.1) is 16.8 Å². The molecule has 6 nitrogen and oxygen atoms in total. The Hall–Kier alpha value is -2.84. The number of benzene rings is 2. The predicted octanol–water partition coefficient (Wildman–Crippen LogP) is 5.93. The number of nitrogens with zero attached hydrogens (tertiary/aromatic N) is 3. The summed E-state index contributed by atoms with van der Waals surface area (Å²) < 4.78 is 8.85. The van der Waals surface area contributed by atoms with Gasteiger partial charge in [0.15, 0.2) is 10.9 Å². The number of hydrogen-bond donors (Lipinski definition) is 1. The minimum absolute atomic E-state index is 0.0887. The van der Waals surface area contributed by atoms with Crippen molar-refractivity contribution in [3.05, 3.63) is 71.2 Å². The van der Waals surface area contributed by atoms with Gasteiger partial charge >= 0.3 is 0 Å². The number of allylic oxidation sites excluding steroid dienone is 1. The number of halogens is 1. The number of aryl methyl sites for hydroxylation is 1. The summed E-state index contributed by atoms with van der Waals surface area (Å²) in [6.45, 7) is 6.41. The zero-order valence-corrected chi connectivity index (χ0v) is 19.4. The highest BCUT2D eigenvalue weighted by atomic mass is 79.9. The van der Waals surface area contributed by atoms with Crippen LogP contribution in [0.15, 0.2) is 75.2 Å². The number of rotatable bonds is 8. The first-order chi connectivity index (χ1) is 15.1. The lowest BCUT2D eigenvalue weighted by Gasteiger charge is -2.10. The summed E-state index contributed by atoms with van der Waals surface area (Å²) in [6, 6.07) is 15.6. The van der Waals surface area contributed by atoms with Gasteiger partial charge in [-0.25, -0.2) is 0 Å². The highest BCUT2D eigenvalue weighted by Crippen LogP contribution is 2.31. The molecule has 0 atom stereocenters. The maximum absolute atomic E-state index is 12.5. The molecule has 31 heavy (non-hydrogen) atoms. The third-order valence-electron chi connectivity index (χ3n) is 4.73. The molecule has 0 aliphatic rings. The molecule has 0 aliphatic carbocycles. The molecule has 2 aromatic heterocycles. The van der Waals surface area contributed by atoms with Crippen LogP contribution in [0.2, 0.25) is 0 Å². The second-order valence-corrected chi connectivity index (χ2v) is 8.70. The molecule has 158 valence electrons. The maximum atomic E-state index is 12.5. The number of hydrogen-bond acceptors (Lipinski definition) is 5. The summed E-state index contributed by atoms with van der Waals surface area (Å²) in [5.74, 6) is 1.36. The fourth-order valence-corrected chi connectivity index (χ4v) is 4.39. The summed E-state index contributed by atoms with van der Waals surface area (Å²) in [7, 11) is 0. The Morgan fingerprint density at radius 3 is 2.90 bits per heavy atom. The Labute approximate surface area is 192 Å². The number of nitrogens with one attached hydrogen (secondary N) is 1. The number of carbonyl (C=O) groups excluding carboxylic acids is 1. The third kappa shape index (κ3) is 4.75. The topological polar surface area (TPSA) is 73.0 Å². The molecule has 0 spiro atoms. The van der Waals surface area contributed by atoms with Crippen molar-refractivity contribution >= 4 is 50.3 Å². The number of furan rings is 1. The average molecular weight is 497 g/mol. The predicted molar refractivity (Wildman–Crippen MR) is 128 cm³/mol. The summed E-state index contributed by atoms with van der Waals surface area (Å²) in [5.41, 5.74) is 2.72. The van der Waals surface area contributed by atoms with Crippen LogP contribution in [0.5, 0.6) is 0 Å². The van der Waals surface area contributed by atoms with Crippen LogP contribution < -0.4 is 5.32 Å². The average Bonchev–Trinajstić information content (AvgIpc) is 3.36. The SMILES string of the molecule is C=CCn1c(SCC(=O)Nc2ccccc2CC)nnc1-c1cc2cc(Br)ccc2o1. The number of aromatic nitrogens is 3. The van der Waals surface area contributed by atoms with Crippen LogP contribution in [0.3, 0.4) is 0 Å². The van der Waals surface area contributed by atoms with Crippen LogP contribution in [0.4, 0.5) is 5.69 Å². The van der Waals surface area contributed by atoms with Gasteiger partial charge in [-0.05, 0) is 42.3 Å². The highest BCUT2D eigenvalue weighted by Gasteiger charge is 2.18. The van der Waals surface area contributed by atoms with E-state index < -0.39 is 0 Å². The van der Waals surface area contributed by atoms with E-state index in [0.29, 0.717) is 23.3 Å². The van der Waals surface area contributed by atoms with E-state index in [1.54, 1.807) is 6.08 Å². The normalized spacial score (nSPS) is 11.0. The molecule has 0 fully saturated rings. The van der Waals surface area contributed by atoms with E-state index in [4.69, 9.17) is 4.42 Å². The largest absolute Gasteiger partial charge is 0.453 e. The number of carbonyl (C=O) groups is 1. The van der Waals surface area contributed by atoms with Crippen molar-refractivity contribution in [3.8, 4) is 11.6 Å². The number of fused-ring (bicyclic) bond motifs is 1. The molecule has 0 saturated heterocycles. The van der Waals surface area contributed by atoms with E-state index in [-0.39, 0.29) is 11.7 Å². The van der Waals surface area contributed by atoms with Crippen molar-refractivity contribution in [1.82, 2.24) is 14.8 Å². The maximum Gasteiger partial charge on any atom is 0.234 e. The second-order valence-electron chi connectivity index (χ2n) is 6.85. The second kappa shape index (κ2) is 9.53. The van der Waals surface area contributed by atoms with E-state index in [2.05, 4.69) is 44.9 Å². The van der Waals surface area contributed by atoms with E-state index in [1.807, 2.05) is 53.1 Å². The van der Waals surface area contributed by atoms with E-state index in [0.717, 1.165) is 33.1 Å². The van der Waals surface area contributed by atoms with Crippen molar-refractivity contribution in [2.24, 2.45) is 0 Å². The Bertz CT molecular complexity index is 1250. The number of thioether (sulfide) groups is 1. The highest BCUT2D eigenvalue weighted by molar-refractivity contribution is 9.10. The molecule has 1 N–H and O–H groups in total. The van der Waals surface area contributed by atoms with Crippen molar-refractivity contribution < 1.29 is 9.21 Å². The van der Waals surface area contributed by atoms with Crippen LogP contribution in [-0.2, 0) is 17.8 Å². The van der Waals surface area contributed by atoms with Gasteiger partial charge in [0.25, 0.3) is 0 Å². The monoisotopic (exact) mass is 496 g/mol. The quantitative estimate of drug-likeness (QED) is 0.241. The molecule has 0 unspecified atom stereocenters. The van der Waals surface area contributed by atoms with Gasteiger partial charge in [-0.2, -0.15) is 0 Å². The minimum Gasteiger partial charge on any atom is -0.453 e. The Morgan fingerprint density at radius 2 is 2.10 bits per heavy atom.